The normalized spacial score (nSPS) is 24.2. The van der Waals surface area contributed by atoms with Gasteiger partial charge < -0.3 is 20.1 Å². The van der Waals surface area contributed by atoms with Crippen LogP contribution < -0.4 is 10.1 Å². The number of thioether (sulfide) groups is 1. The van der Waals surface area contributed by atoms with Crippen LogP contribution in [0, 0.1) is 0 Å². The molecule has 2 amide bonds. The summed E-state index contributed by atoms with van der Waals surface area (Å²) in [5.74, 6) is -1.88. The summed E-state index contributed by atoms with van der Waals surface area (Å²) in [6, 6.07) is 13.9. The Morgan fingerprint density at radius 2 is 1.77 bits per heavy atom. The molecule has 0 unspecified atom stereocenters. The molecule has 2 aromatic rings. The fraction of sp³-hybridized carbons (Fsp3) is 0.273. The van der Waals surface area contributed by atoms with E-state index in [-0.39, 0.29) is 12.3 Å². The summed E-state index contributed by atoms with van der Waals surface area (Å²) in [5, 5.41) is 11.5. The van der Waals surface area contributed by atoms with Crippen molar-refractivity contribution in [1.29, 1.82) is 0 Å². The largest absolute Gasteiger partial charge is 0.480 e. The van der Waals surface area contributed by atoms with E-state index in [2.05, 4.69) is 5.32 Å². The van der Waals surface area contributed by atoms with Crippen molar-refractivity contribution in [3.63, 3.8) is 0 Å². The van der Waals surface area contributed by atoms with Gasteiger partial charge in [0.05, 0.1) is 11.7 Å². The van der Waals surface area contributed by atoms with E-state index in [1.165, 1.54) is 23.6 Å². The number of carbonyl (C=O) groups excluding carboxylic acids is 3. The van der Waals surface area contributed by atoms with Gasteiger partial charge in [-0.05, 0) is 23.3 Å². The van der Waals surface area contributed by atoms with Crippen LogP contribution in [0.25, 0.3) is 0 Å². The lowest BCUT2D eigenvalue weighted by Gasteiger charge is -2.43. The highest BCUT2D eigenvalue weighted by molar-refractivity contribution is 8.00. The van der Waals surface area contributed by atoms with E-state index in [1.807, 2.05) is 30.3 Å². The van der Waals surface area contributed by atoms with Gasteiger partial charge in [0.1, 0.15) is 23.2 Å². The Labute approximate surface area is 182 Å². The number of fused-ring (bicyclic) bond motifs is 1. The number of carboxylic acid groups (broad SMARTS) is 1. The van der Waals surface area contributed by atoms with Crippen molar-refractivity contribution in [3.05, 3.63) is 65.7 Å². The van der Waals surface area contributed by atoms with E-state index in [0.29, 0.717) is 11.3 Å². The quantitative estimate of drug-likeness (QED) is 0.400. The SMILES string of the molecule is CC(=O)Oc1ccc([C@H]2S[C@@H]3[C@H](NC(=O)Cc4ccccc4)C(=O)N3[C@H]2C(=O)O)cc1. The van der Waals surface area contributed by atoms with Gasteiger partial charge in [0.15, 0.2) is 0 Å². The van der Waals surface area contributed by atoms with Crippen LogP contribution in [0.1, 0.15) is 23.3 Å². The van der Waals surface area contributed by atoms with Gasteiger partial charge in [0.2, 0.25) is 11.8 Å². The first kappa shape index (κ1) is 20.9. The van der Waals surface area contributed by atoms with Crippen molar-refractivity contribution in [2.24, 2.45) is 0 Å². The van der Waals surface area contributed by atoms with Crippen LogP contribution in [-0.4, -0.2) is 51.2 Å². The van der Waals surface area contributed by atoms with Crippen LogP contribution in [0.3, 0.4) is 0 Å². The van der Waals surface area contributed by atoms with Gasteiger partial charge in [0.25, 0.3) is 0 Å². The molecule has 2 aliphatic heterocycles. The zero-order valence-corrected chi connectivity index (χ0v) is 17.4. The first-order valence-electron chi connectivity index (χ1n) is 9.67. The van der Waals surface area contributed by atoms with Crippen LogP contribution in [0.2, 0.25) is 0 Å². The highest BCUT2D eigenvalue weighted by Crippen LogP contribution is 2.52. The van der Waals surface area contributed by atoms with Gasteiger partial charge >= 0.3 is 11.9 Å². The molecule has 2 heterocycles. The molecule has 2 aliphatic rings. The molecule has 0 aromatic heterocycles. The van der Waals surface area contributed by atoms with Crippen LogP contribution >= 0.6 is 11.8 Å². The van der Waals surface area contributed by atoms with Gasteiger partial charge in [-0.3, -0.25) is 14.4 Å². The van der Waals surface area contributed by atoms with Crippen molar-refractivity contribution in [1.82, 2.24) is 10.2 Å². The van der Waals surface area contributed by atoms with Gasteiger partial charge in [-0.15, -0.1) is 11.8 Å². The maximum atomic E-state index is 12.7. The van der Waals surface area contributed by atoms with Crippen molar-refractivity contribution in [2.45, 2.75) is 36.1 Å². The van der Waals surface area contributed by atoms with E-state index in [4.69, 9.17) is 4.74 Å². The lowest BCUT2D eigenvalue weighted by molar-refractivity contribution is -0.160. The van der Waals surface area contributed by atoms with E-state index in [1.54, 1.807) is 24.3 Å². The Morgan fingerprint density at radius 1 is 1.10 bits per heavy atom. The number of rotatable bonds is 6. The van der Waals surface area contributed by atoms with Crippen LogP contribution in [0.5, 0.6) is 5.75 Å². The molecule has 0 bridgehead atoms. The Kier molecular flexibility index (Phi) is 5.69. The maximum absolute atomic E-state index is 12.7. The monoisotopic (exact) mass is 440 g/mol. The number of carbonyl (C=O) groups is 4. The topological polar surface area (TPSA) is 113 Å². The standard InChI is InChI=1S/C22H20N2O6S/c1-12(25)30-15-9-7-14(8-10-15)19-18(22(28)29)24-20(27)17(21(24)31-19)23-16(26)11-13-5-3-2-4-6-13/h2-10,17-19,21H,11H2,1H3,(H,23,26)(H,28,29)/t17-,18-,19-,21-/m1/s1. The van der Waals surface area contributed by atoms with Gasteiger partial charge in [-0.2, -0.15) is 0 Å². The fourth-order valence-electron chi connectivity index (χ4n) is 3.84. The molecule has 0 saturated carbocycles. The first-order valence-corrected chi connectivity index (χ1v) is 10.6. The zero-order chi connectivity index (χ0) is 22.1. The predicted octanol–water partition coefficient (Wildman–Crippen LogP) is 1.75. The summed E-state index contributed by atoms with van der Waals surface area (Å²) >= 11 is 1.33. The molecule has 8 nitrogen and oxygen atoms in total. The summed E-state index contributed by atoms with van der Waals surface area (Å²) in [7, 11) is 0. The number of ether oxygens (including phenoxy) is 1. The Morgan fingerprint density at radius 3 is 2.39 bits per heavy atom. The van der Waals surface area contributed by atoms with Crippen LogP contribution in [-0.2, 0) is 25.6 Å². The lowest BCUT2D eigenvalue weighted by atomic mass is 9.98. The second-order valence-electron chi connectivity index (χ2n) is 7.35. The third-order valence-corrected chi connectivity index (χ3v) is 6.80. The molecular formula is C22H20N2O6S. The van der Waals surface area contributed by atoms with E-state index in [9.17, 15) is 24.3 Å². The van der Waals surface area contributed by atoms with Crippen molar-refractivity contribution >= 4 is 35.5 Å². The lowest BCUT2D eigenvalue weighted by Crippen LogP contribution is -2.70. The molecule has 0 radical (unpaired) electrons. The second-order valence-corrected chi connectivity index (χ2v) is 8.61. The number of benzene rings is 2. The van der Waals surface area contributed by atoms with Gasteiger partial charge in [0, 0.05) is 6.92 Å². The molecule has 4 atom stereocenters. The van der Waals surface area contributed by atoms with Crippen molar-refractivity contribution in [2.75, 3.05) is 0 Å². The number of amides is 2. The van der Waals surface area contributed by atoms with Crippen LogP contribution in [0.4, 0.5) is 0 Å². The average molecular weight is 440 g/mol. The van der Waals surface area contributed by atoms with Crippen LogP contribution in [0.15, 0.2) is 54.6 Å². The zero-order valence-electron chi connectivity index (χ0n) is 16.6. The molecule has 160 valence electrons. The van der Waals surface area contributed by atoms with E-state index in [0.717, 1.165) is 5.56 Å². The molecule has 4 rings (SSSR count). The molecule has 31 heavy (non-hydrogen) atoms. The minimum Gasteiger partial charge on any atom is -0.480 e. The van der Waals surface area contributed by atoms with Gasteiger partial charge in [-0.1, -0.05) is 42.5 Å². The molecule has 2 fully saturated rings. The fourth-order valence-corrected chi connectivity index (χ4v) is 5.55. The highest BCUT2D eigenvalue weighted by atomic mass is 32.2. The van der Waals surface area contributed by atoms with E-state index < -0.39 is 40.6 Å². The molecule has 0 spiro atoms. The minimum atomic E-state index is -1.11. The first-order chi connectivity index (χ1) is 14.8. The Bertz CT molecular complexity index is 1030. The summed E-state index contributed by atoms with van der Waals surface area (Å²) in [6.45, 7) is 1.30. The maximum Gasteiger partial charge on any atom is 0.327 e. The Hall–Kier alpha value is -3.33. The van der Waals surface area contributed by atoms with E-state index >= 15 is 0 Å². The molecule has 2 N–H and O–H groups in total. The number of hydrogen-bond acceptors (Lipinski definition) is 6. The molecule has 2 saturated heterocycles. The summed E-state index contributed by atoms with van der Waals surface area (Å²) in [4.78, 5) is 49.4. The highest BCUT2D eigenvalue weighted by Gasteiger charge is 2.61. The number of nitrogens with zero attached hydrogens (tertiary/aromatic N) is 1. The van der Waals surface area contributed by atoms with Gasteiger partial charge in [-0.25, -0.2) is 4.79 Å². The summed E-state index contributed by atoms with van der Waals surface area (Å²) in [6.07, 6.45) is 0.144. The minimum absolute atomic E-state index is 0.144. The smallest absolute Gasteiger partial charge is 0.327 e. The summed E-state index contributed by atoms with van der Waals surface area (Å²) in [5.41, 5.74) is 1.53. The number of aliphatic carboxylic acids is 1. The number of nitrogens with one attached hydrogen (secondary N) is 1. The molecule has 2 aromatic carbocycles. The number of hydrogen-bond donors (Lipinski definition) is 2. The molecular weight excluding hydrogens is 420 g/mol. The third kappa shape index (κ3) is 4.13. The third-order valence-electron chi connectivity index (χ3n) is 5.20. The van der Waals surface area contributed by atoms with Crippen molar-refractivity contribution in [3.8, 4) is 5.75 Å². The van der Waals surface area contributed by atoms with Crippen molar-refractivity contribution < 1.29 is 29.0 Å². The second kappa shape index (κ2) is 8.43. The summed E-state index contributed by atoms with van der Waals surface area (Å²) < 4.78 is 5.01. The number of esters is 1. The molecule has 9 heteroatoms. The number of carboxylic acids is 1. The molecule has 0 aliphatic carbocycles. The number of β-lactam (4-membered cyclic amide) rings is 1. The average Bonchev–Trinajstić information content (AvgIpc) is 3.09. The Balaban J connectivity index is 1.47. The predicted molar refractivity (Wildman–Crippen MR) is 112 cm³/mol.